The lowest BCUT2D eigenvalue weighted by atomic mass is 10.1. The molecule has 1 aromatic carbocycles. The van der Waals surface area contributed by atoms with Crippen LogP contribution in [-0.2, 0) is 11.8 Å². The summed E-state index contributed by atoms with van der Waals surface area (Å²) in [6, 6.07) is 13.1. The van der Waals surface area contributed by atoms with Crippen LogP contribution in [-0.4, -0.2) is 32.8 Å². The monoisotopic (exact) mass is 366 g/mol. The molecule has 0 aliphatic carbocycles. The van der Waals surface area contributed by atoms with Crippen LogP contribution in [0.2, 0.25) is 0 Å². The number of hydrogen-bond donors (Lipinski definition) is 1. The van der Waals surface area contributed by atoms with Gasteiger partial charge in [-0.1, -0.05) is 12.1 Å². The molecular formula is C20H22N4O3. The number of esters is 1. The minimum absolute atomic E-state index is 0.177. The number of carbonyl (C=O) groups excluding carboxylic acids is 2. The van der Waals surface area contributed by atoms with Crippen LogP contribution in [0.4, 0.5) is 0 Å². The molecule has 140 valence electrons. The number of nitrogens with one attached hydrogen (secondary N) is 1. The van der Waals surface area contributed by atoms with Gasteiger partial charge in [0.25, 0.3) is 5.91 Å². The Hall–Kier alpha value is -3.35. The van der Waals surface area contributed by atoms with Crippen LogP contribution in [0.15, 0.2) is 54.9 Å². The highest BCUT2D eigenvalue weighted by Crippen LogP contribution is 2.17. The van der Waals surface area contributed by atoms with Crippen LogP contribution in [0.1, 0.15) is 46.4 Å². The Labute approximate surface area is 157 Å². The zero-order valence-electron chi connectivity index (χ0n) is 15.5. The first kappa shape index (κ1) is 18.4. The van der Waals surface area contributed by atoms with Gasteiger partial charge in [-0.15, -0.1) is 0 Å². The second-order valence-electron chi connectivity index (χ2n) is 6.14. The highest BCUT2D eigenvalue weighted by atomic mass is 16.5. The Morgan fingerprint density at radius 2 is 1.85 bits per heavy atom. The van der Waals surface area contributed by atoms with Crippen molar-refractivity contribution in [2.24, 2.45) is 7.05 Å². The highest BCUT2D eigenvalue weighted by molar-refractivity contribution is 5.96. The number of aryl methyl sites for hydroxylation is 1. The summed E-state index contributed by atoms with van der Waals surface area (Å²) < 4.78 is 8.32. The molecule has 0 saturated heterocycles. The van der Waals surface area contributed by atoms with E-state index >= 15 is 0 Å². The lowest BCUT2D eigenvalue weighted by molar-refractivity contribution is 0.0513. The molecule has 0 bridgehead atoms. The van der Waals surface area contributed by atoms with E-state index in [1.807, 2.05) is 60.3 Å². The third-order valence-electron chi connectivity index (χ3n) is 4.24. The van der Waals surface area contributed by atoms with Crippen molar-refractivity contribution in [2.45, 2.75) is 19.9 Å². The zero-order valence-corrected chi connectivity index (χ0v) is 15.5. The highest BCUT2D eigenvalue weighted by Gasteiger charge is 2.20. The van der Waals surface area contributed by atoms with Crippen molar-refractivity contribution in [2.75, 3.05) is 6.61 Å². The van der Waals surface area contributed by atoms with Gasteiger partial charge in [0.1, 0.15) is 5.69 Å². The topological polar surface area (TPSA) is 78.2 Å². The minimum Gasteiger partial charge on any atom is -0.461 e. The first-order chi connectivity index (χ1) is 13.0. The fourth-order valence-electron chi connectivity index (χ4n) is 2.77. The molecule has 0 aliphatic heterocycles. The van der Waals surface area contributed by atoms with Gasteiger partial charge in [-0.2, -0.15) is 5.10 Å². The van der Waals surface area contributed by atoms with Gasteiger partial charge >= 0.3 is 5.97 Å². The summed E-state index contributed by atoms with van der Waals surface area (Å²) in [6.45, 7) is 3.89. The largest absolute Gasteiger partial charge is 0.461 e. The number of carbonyl (C=O) groups is 2. The van der Waals surface area contributed by atoms with E-state index in [4.69, 9.17) is 4.74 Å². The maximum Gasteiger partial charge on any atom is 0.356 e. The molecule has 2 aromatic heterocycles. The SMILES string of the molecule is CCOC(=O)c1cc(C(=O)NC(C)c2ccc(-n3cccc3)cc2)nn1C. The number of benzene rings is 1. The van der Waals surface area contributed by atoms with Crippen LogP contribution in [0.25, 0.3) is 5.69 Å². The van der Waals surface area contributed by atoms with Crippen molar-refractivity contribution in [3.63, 3.8) is 0 Å². The van der Waals surface area contributed by atoms with E-state index in [0.717, 1.165) is 11.3 Å². The Morgan fingerprint density at radius 3 is 2.48 bits per heavy atom. The Bertz CT molecular complexity index is 927. The summed E-state index contributed by atoms with van der Waals surface area (Å²) >= 11 is 0. The number of rotatable bonds is 6. The molecule has 0 aliphatic rings. The standard InChI is InChI=1S/C20H22N4O3/c1-4-27-20(26)18-13-17(22-23(18)3)19(25)21-14(2)15-7-9-16(10-8-15)24-11-5-6-12-24/h5-14H,4H2,1-3H3,(H,21,25). The summed E-state index contributed by atoms with van der Waals surface area (Å²) in [7, 11) is 1.60. The van der Waals surface area contributed by atoms with Crippen LogP contribution in [0.3, 0.4) is 0 Å². The molecule has 7 heteroatoms. The summed E-state index contributed by atoms with van der Waals surface area (Å²) in [5, 5.41) is 7.01. The molecule has 3 aromatic rings. The summed E-state index contributed by atoms with van der Waals surface area (Å²) in [5.41, 5.74) is 2.44. The van der Waals surface area contributed by atoms with Crippen molar-refractivity contribution < 1.29 is 14.3 Å². The third-order valence-corrected chi connectivity index (χ3v) is 4.24. The number of nitrogens with zero attached hydrogens (tertiary/aromatic N) is 3. The maximum atomic E-state index is 12.5. The van der Waals surface area contributed by atoms with Crippen LogP contribution in [0.5, 0.6) is 0 Å². The first-order valence-electron chi connectivity index (χ1n) is 8.75. The Morgan fingerprint density at radius 1 is 1.19 bits per heavy atom. The van der Waals surface area contributed by atoms with E-state index in [2.05, 4.69) is 10.4 Å². The molecule has 7 nitrogen and oxygen atoms in total. The molecule has 0 spiro atoms. The smallest absolute Gasteiger partial charge is 0.356 e. The summed E-state index contributed by atoms with van der Waals surface area (Å²) in [6.07, 6.45) is 3.95. The molecule has 1 unspecified atom stereocenters. The Kier molecular flexibility index (Phi) is 5.40. The van der Waals surface area contributed by atoms with Crippen molar-refractivity contribution in [3.05, 3.63) is 71.8 Å². The molecule has 0 saturated carbocycles. The lowest BCUT2D eigenvalue weighted by Gasteiger charge is -2.14. The number of aromatic nitrogens is 3. The predicted molar refractivity (Wildman–Crippen MR) is 101 cm³/mol. The summed E-state index contributed by atoms with van der Waals surface area (Å²) in [5.74, 6) is -0.844. The van der Waals surface area contributed by atoms with Crippen molar-refractivity contribution in [1.29, 1.82) is 0 Å². The average molecular weight is 366 g/mol. The van der Waals surface area contributed by atoms with Gasteiger partial charge < -0.3 is 14.6 Å². The van der Waals surface area contributed by atoms with Gasteiger partial charge in [-0.3, -0.25) is 9.48 Å². The van der Waals surface area contributed by atoms with Gasteiger partial charge in [0.15, 0.2) is 5.69 Å². The van der Waals surface area contributed by atoms with E-state index in [0.29, 0.717) is 0 Å². The number of hydrogen-bond acceptors (Lipinski definition) is 4. The van der Waals surface area contributed by atoms with Gasteiger partial charge in [0, 0.05) is 31.2 Å². The van der Waals surface area contributed by atoms with E-state index in [1.54, 1.807) is 14.0 Å². The number of ether oxygens (including phenoxy) is 1. The molecule has 1 N–H and O–H groups in total. The molecule has 3 rings (SSSR count). The average Bonchev–Trinajstić information content (AvgIpc) is 3.32. The molecule has 1 atom stereocenters. The zero-order chi connectivity index (χ0) is 19.4. The number of amides is 1. The minimum atomic E-state index is -0.500. The van der Waals surface area contributed by atoms with Gasteiger partial charge in [0.05, 0.1) is 12.6 Å². The second-order valence-corrected chi connectivity index (χ2v) is 6.14. The third kappa shape index (κ3) is 4.08. The van der Waals surface area contributed by atoms with E-state index in [-0.39, 0.29) is 29.9 Å². The molecule has 0 radical (unpaired) electrons. The molecule has 2 heterocycles. The molecular weight excluding hydrogens is 344 g/mol. The van der Waals surface area contributed by atoms with E-state index < -0.39 is 5.97 Å². The predicted octanol–water partition coefficient (Wildman–Crippen LogP) is 2.88. The second kappa shape index (κ2) is 7.90. The lowest BCUT2D eigenvalue weighted by Crippen LogP contribution is -2.27. The molecule has 0 fully saturated rings. The quantitative estimate of drug-likeness (QED) is 0.681. The Balaban J connectivity index is 1.69. The normalized spacial score (nSPS) is 11.8. The van der Waals surface area contributed by atoms with Crippen LogP contribution in [0, 0.1) is 0 Å². The van der Waals surface area contributed by atoms with Crippen LogP contribution >= 0.6 is 0 Å². The van der Waals surface area contributed by atoms with Gasteiger partial charge in [-0.05, 0) is 43.7 Å². The van der Waals surface area contributed by atoms with Gasteiger partial charge in [0.2, 0.25) is 0 Å². The summed E-state index contributed by atoms with van der Waals surface area (Å²) in [4.78, 5) is 24.3. The fourth-order valence-corrected chi connectivity index (χ4v) is 2.77. The maximum absolute atomic E-state index is 12.5. The van der Waals surface area contributed by atoms with E-state index in [9.17, 15) is 9.59 Å². The van der Waals surface area contributed by atoms with Crippen molar-refractivity contribution in [1.82, 2.24) is 19.7 Å². The van der Waals surface area contributed by atoms with E-state index in [1.165, 1.54) is 10.7 Å². The molecule has 27 heavy (non-hydrogen) atoms. The van der Waals surface area contributed by atoms with Crippen molar-refractivity contribution in [3.8, 4) is 5.69 Å². The first-order valence-corrected chi connectivity index (χ1v) is 8.75. The van der Waals surface area contributed by atoms with Crippen LogP contribution < -0.4 is 5.32 Å². The fraction of sp³-hybridized carbons (Fsp3) is 0.250. The van der Waals surface area contributed by atoms with Gasteiger partial charge in [-0.25, -0.2) is 4.79 Å². The molecule has 1 amide bonds. The van der Waals surface area contributed by atoms with Crippen molar-refractivity contribution >= 4 is 11.9 Å².